The number of rotatable bonds is 5. The molecule has 5 heteroatoms. The Morgan fingerprint density at radius 1 is 1.13 bits per heavy atom. The van der Waals surface area contributed by atoms with Crippen LogP contribution in [0.4, 0.5) is 0 Å². The predicted molar refractivity (Wildman–Crippen MR) is 94.6 cm³/mol. The van der Waals surface area contributed by atoms with Crippen LogP contribution in [0.1, 0.15) is 51.4 Å². The quantitative estimate of drug-likeness (QED) is 0.531. The molecule has 0 aromatic carbocycles. The Kier molecular flexibility index (Phi) is 6.17. The van der Waals surface area contributed by atoms with Crippen molar-refractivity contribution in [2.24, 2.45) is 16.8 Å². The number of aliphatic hydroxyl groups excluding tert-OH is 1. The molecule has 1 saturated heterocycles. The molecule has 1 aliphatic heterocycles. The molecule has 3 atom stereocenters. The lowest BCUT2D eigenvalue weighted by Gasteiger charge is -2.22. The fourth-order valence-electron chi connectivity index (χ4n) is 4.55. The molecule has 0 radical (unpaired) electrons. The van der Waals surface area contributed by atoms with E-state index in [1.54, 1.807) is 0 Å². The summed E-state index contributed by atoms with van der Waals surface area (Å²) in [6, 6.07) is 0.510. The van der Waals surface area contributed by atoms with Gasteiger partial charge in [0.2, 0.25) is 0 Å². The molecule has 0 aromatic heterocycles. The van der Waals surface area contributed by atoms with Crippen molar-refractivity contribution in [1.29, 1.82) is 0 Å². The van der Waals surface area contributed by atoms with E-state index in [-0.39, 0.29) is 6.10 Å². The zero-order valence-corrected chi connectivity index (χ0v) is 14.6. The minimum absolute atomic E-state index is 0.131. The van der Waals surface area contributed by atoms with Gasteiger partial charge in [-0.05, 0) is 38.0 Å². The van der Waals surface area contributed by atoms with E-state index in [1.165, 1.54) is 45.2 Å². The Hall–Kier alpha value is -0.810. The lowest BCUT2D eigenvalue weighted by atomic mass is 10.1. The highest BCUT2D eigenvalue weighted by atomic mass is 16.3. The van der Waals surface area contributed by atoms with Gasteiger partial charge in [0.1, 0.15) is 0 Å². The third-order valence-electron chi connectivity index (χ3n) is 5.98. The summed E-state index contributed by atoms with van der Waals surface area (Å²) in [5, 5.41) is 16.9. The van der Waals surface area contributed by atoms with Crippen LogP contribution in [0, 0.1) is 11.8 Å². The zero-order chi connectivity index (χ0) is 16.1. The Morgan fingerprint density at radius 2 is 1.96 bits per heavy atom. The molecule has 5 nitrogen and oxygen atoms in total. The number of nitrogens with one attached hydrogen (secondary N) is 2. The van der Waals surface area contributed by atoms with E-state index < -0.39 is 0 Å². The van der Waals surface area contributed by atoms with Gasteiger partial charge in [0.25, 0.3) is 0 Å². The molecule has 0 aromatic rings. The minimum Gasteiger partial charge on any atom is -0.393 e. The molecule has 23 heavy (non-hydrogen) atoms. The minimum atomic E-state index is -0.131. The van der Waals surface area contributed by atoms with Crippen molar-refractivity contribution in [2.45, 2.75) is 63.5 Å². The third kappa shape index (κ3) is 4.83. The third-order valence-corrected chi connectivity index (χ3v) is 5.98. The summed E-state index contributed by atoms with van der Waals surface area (Å²) in [4.78, 5) is 6.99. The van der Waals surface area contributed by atoms with Crippen molar-refractivity contribution in [3.8, 4) is 0 Å². The lowest BCUT2D eigenvalue weighted by molar-refractivity contribution is 0.134. The molecule has 0 spiro atoms. The standard InChI is InChI=1S/C18H34N4O/c1-19-18(20-11-15-7-4-8-17(15)23)21-16-9-10-22(13-16)12-14-5-2-3-6-14/h14-17,23H,2-13H2,1H3,(H2,19,20,21). The van der Waals surface area contributed by atoms with E-state index in [4.69, 9.17) is 0 Å². The number of hydrogen-bond donors (Lipinski definition) is 3. The average Bonchev–Trinajstić information content (AvgIpc) is 3.28. The van der Waals surface area contributed by atoms with Gasteiger partial charge in [0, 0.05) is 45.2 Å². The maximum atomic E-state index is 9.92. The molecule has 3 aliphatic rings. The topological polar surface area (TPSA) is 59.9 Å². The van der Waals surface area contributed by atoms with Crippen molar-refractivity contribution < 1.29 is 5.11 Å². The van der Waals surface area contributed by atoms with Crippen molar-refractivity contribution in [3.05, 3.63) is 0 Å². The van der Waals surface area contributed by atoms with E-state index in [0.29, 0.717) is 12.0 Å². The lowest BCUT2D eigenvalue weighted by Crippen LogP contribution is -2.46. The number of guanidine groups is 1. The molecule has 3 N–H and O–H groups in total. The van der Waals surface area contributed by atoms with E-state index in [9.17, 15) is 5.11 Å². The van der Waals surface area contributed by atoms with Crippen molar-refractivity contribution in [2.75, 3.05) is 33.2 Å². The van der Waals surface area contributed by atoms with Crippen molar-refractivity contribution >= 4 is 5.96 Å². The molecular weight excluding hydrogens is 288 g/mol. The SMILES string of the molecule is CN=C(NCC1CCCC1O)NC1CCN(CC2CCCC2)C1. The Bertz CT molecular complexity index is 394. The van der Waals surface area contributed by atoms with E-state index in [0.717, 1.165) is 44.2 Å². The van der Waals surface area contributed by atoms with Gasteiger partial charge in [-0.3, -0.25) is 4.99 Å². The molecule has 3 rings (SSSR count). The number of aliphatic imine (C=N–C) groups is 1. The van der Waals surface area contributed by atoms with Gasteiger partial charge in [0.15, 0.2) is 5.96 Å². The first-order valence-corrected chi connectivity index (χ1v) is 9.62. The molecule has 1 heterocycles. The Morgan fingerprint density at radius 3 is 2.65 bits per heavy atom. The number of aliphatic hydroxyl groups is 1. The maximum absolute atomic E-state index is 9.92. The molecule has 0 bridgehead atoms. The second-order valence-electron chi connectivity index (χ2n) is 7.75. The van der Waals surface area contributed by atoms with Crippen LogP contribution in [0.15, 0.2) is 4.99 Å². The molecule has 2 aliphatic carbocycles. The van der Waals surface area contributed by atoms with Crippen LogP contribution in [0.3, 0.4) is 0 Å². The zero-order valence-electron chi connectivity index (χ0n) is 14.6. The second kappa shape index (κ2) is 8.34. The van der Waals surface area contributed by atoms with E-state index in [2.05, 4.69) is 20.5 Å². The first-order chi connectivity index (χ1) is 11.2. The van der Waals surface area contributed by atoms with Crippen LogP contribution in [0.5, 0.6) is 0 Å². The van der Waals surface area contributed by atoms with Gasteiger partial charge in [-0.1, -0.05) is 19.3 Å². The largest absolute Gasteiger partial charge is 0.393 e. The highest BCUT2D eigenvalue weighted by Gasteiger charge is 2.28. The Balaban J connectivity index is 1.37. The van der Waals surface area contributed by atoms with Crippen LogP contribution in [-0.4, -0.2) is 61.3 Å². The summed E-state index contributed by atoms with van der Waals surface area (Å²) >= 11 is 0. The average molecular weight is 322 g/mol. The molecule has 3 unspecified atom stereocenters. The predicted octanol–water partition coefficient (Wildman–Crippen LogP) is 1.58. The van der Waals surface area contributed by atoms with E-state index in [1.807, 2.05) is 7.05 Å². The van der Waals surface area contributed by atoms with Gasteiger partial charge >= 0.3 is 0 Å². The van der Waals surface area contributed by atoms with Crippen LogP contribution in [0.2, 0.25) is 0 Å². The summed E-state index contributed by atoms with van der Waals surface area (Å²) in [7, 11) is 1.84. The maximum Gasteiger partial charge on any atom is 0.191 e. The highest BCUT2D eigenvalue weighted by Crippen LogP contribution is 2.27. The van der Waals surface area contributed by atoms with Crippen LogP contribution >= 0.6 is 0 Å². The number of likely N-dealkylation sites (tertiary alicyclic amines) is 1. The number of nitrogens with zero attached hydrogens (tertiary/aromatic N) is 2. The molecule has 3 fully saturated rings. The fraction of sp³-hybridized carbons (Fsp3) is 0.944. The van der Waals surface area contributed by atoms with Crippen LogP contribution in [-0.2, 0) is 0 Å². The monoisotopic (exact) mass is 322 g/mol. The summed E-state index contributed by atoms with van der Waals surface area (Å²) < 4.78 is 0. The number of hydrogen-bond acceptors (Lipinski definition) is 3. The van der Waals surface area contributed by atoms with Crippen LogP contribution < -0.4 is 10.6 Å². The van der Waals surface area contributed by atoms with E-state index >= 15 is 0 Å². The van der Waals surface area contributed by atoms with Crippen molar-refractivity contribution in [1.82, 2.24) is 15.5 Å². The first-order valence-electron chi connectivity index (χ1n) is 9.62. The molecule has 2 saturated carbocycles. The van der Waals surface area contributed by atoms with Gasteiger partial charge in [-0.25, -0.2) is 0 Å². The molecule has 132 valence electrons. The summed E-state index contributed by atoms with van der Waals surface area (Å²) in [5.74, 6) is 2.22. The summed E-state index contributed by atoms with van der Waals surface area (Å²) in [5.41, 5.74) is 0. The van der Waals surface area contributed by atoms with Crippen molar-refractivity contribution in [3.63, 3.8) is 0 Å². The second-order valence-corrected chi connectivity index (χ2v) is 7.75. The van der Waals surface area contributed by atoms with Gasteiger partial charge < -0.3 is 20.6 Å². The summed E-state index contributed by atoms with van der Waals surface area (Å²) in [6.07, 6.45) is 10.0. The normalized spacial score (nSPS) is 33.5. The van der Waals surface area contributed by atoms with Crippen LogP contribution in [0.25, 0.3) is 0 Å². The summed E-state index contributed by atoms with van der Waals surface area (Å²) in [6.45, 7) is 4.48. The van der Waals surface area contributed by atoms with Gasteiger partial charge in [0.05, 0.1) is 6.10 Å². The van der Waals surface area contributed by atoms with Gasteiger partial charge in [-0.15, -0.1) is 0 Å². The first kappa shape index (κ1) is 17.0. The fourth-order valence-corrected chi connectivity index (χ4v) is 4.55. The molecular formula is C18H34N4O. The Labute approximate surface area is 140 Å². The molecule has 0 amide bonds. The smallest absolute Gasteiger partial charge is 0.191 e. The van der Waals surface area contributed by atoms with Gasteiger partial charge in [-0.2, -0.15) is 0 Å². The highest BCUT2D eigenvalue weighted by molar-refractivity contribution is 5.80.